The van der Waals surface area contributed by atoms with Crippen molar-refractivity contribution >= 4 is 11.6 Å². The summed E-state index contributed by atoms with van der Waals surface area (Å²) in [7, 11) is 0. The van der Waals surface area contributed by atoms with Crippen LogP contribution in [-0.2, 0) is 6.54 Å². The van der Waals surface area contributed by atoms with Gasteiger partial charge in [0, 0.05) is 12.4 Å². The molecule has 0 amide bonds. The lowest BCUT2D eigenvalue weighted by Crippen LogP contribution is -2.20. The van der Waals surface area contributed by atoms with Crippen LogP contribution >= 0.6 is 11.6 Å². The lowest BCUT2D eigenvalue weighted by atomic mass is 10.3. The molecule has 0 saturated heterocycles. The van der Waals surface area contributed by atoms with Crippen molar-refractivity contribution in [3.05, 3.63) is 58.9 Å². The maximum atomic E-state index is 8.81. The zero-order valence-electron chi connectivity index (χ0n) is 8.42. The Kier molecular flexibility index (Phi) is 3.22. The first-order chi connectivity index (χ1) is 7.79. The lowest BCUT2D eigenvalue weighted by molar-refractivity contribution is 0.294. The predicted octanol–water partition coefficient (Wildman–Crippen LogP) is 1.87. The number of halogens is 1. The third-order valence-electron chi connectivity index (χ3n) is 2.16. The average Bonchev–Trinajstić information content (AvgIpc) is 2.33. The molecule has 2 heterocycles. The molecule has 2 aromatic rings. The van der Waals surface area contributed by atoms with E-state index in [1.165, 1.54) is 0 Å². The summed E-state index contributed by atoms with van der Waals surface area (Å²) < 4.78 is 1.81. The molecule has 0 atom stereocenters. The largest absolute Gasteiger partial charge is 0.409 e. The predicted molar refractivity (Wildman–Crippen MR) is 60.1 cm³/mol. The molecule has 0 aliphatic heterocycles. The van der Waals surface area contributed by atoms with Crippen molar-refractivity contribution in [3.63, 3.8) is 0 Å². The molecule has 16 heavy (non-hydrogen) atoms. The Hall–Kier alpha value is -1.81. The number of hydrogen-bond acceptors (Lipinski definition) is 3. The molecule has 0 saturated carbocycles. The van der Waals surface area contributed by atoms with Crippen LogP contribution in [0.15, 0.2) is 47.9 Å². The van der Waals surface area contributed by atoms with Gasteiger partial charge in [0.2, 0.25) is 0 Å². The topological polar surface area (TPSA) is 50.4 Å². The Bertz CT molecular complexity index is 533. The zero-order chi connectivity index (χ0) is 11.4. The fourth-order valence-corrected chi connectivity index (χ4v) is 1.50. The summed E-state index contributed by atoms with van der Waals surface area (Å²) in [6, 6.07) is 9.03. The summed E-state index contributed by atoms with van der Waals surface area (Å²) in [6.07, 6.45) is 3.53. The second-order valence-electron chi connectivity index (χ2n) is 3.28. The molecule has 0 aliphatic rings. The van der Waals surface area contributed by atoms with E-state index >= 15 is 0 Å². The van der Waals surface area contributed by atoms with Crippen molar-refractivity contribution in [2.45, 2.75) is 6.54 Å². The van der Waals surface area contributed by atoms with Gasteiger partial charge in [-0.15, -0.1) is 0 Å². The third-order valence-corrected chi connectivity index (χ3v) is 2.38. The first-order valence-corrected chi connectivity index (χ1v) is 5.11. The second kappa shape index (κ2) is 4.81. The molecule has 2 aromatic heterocycles. The molecular weight excluding hydrogens is 226 g/mol. The summed E-state index contributed by atoms with van der Waals surface area (Å²) in [5.74, 6) is 0. The average molecular weight is 236 g/mol. The number of rotatable bonds is 2. The van der Waals surface area contributed by atoms with Gasteiger partial charge in [-0.25, -0.2) is 4.98 Å². The van der Waals surface area contributed by atoms with Crippen LogP contribution in [0.5, 0.6) is 0 Å². The number of nitrogens with zero attached hydrogens (tertiary/aromatic N) is 3. The maximum absolute atomic E-state index is 8.81. The lowest BCUT2D eigenvalue weighted by Gasteiger charge is -2.05. The molecule has 0 bridgehead atoms. The van der Waals surface area contributed by atoms with Gasteiger partial charge in [0.15, 0.2) is 5.49 Å². The normalized spacial score (nSPS) is 11.7. The van der Waals surface area contributed by atoms with Crippen LogP contribution in [-0.4, -0.2) is 14.8 Å². The highest BCUT2D eigenvalue weighted by molar-refractivity contribution is 6.29. The van der Waals surface area contributed by atoms with Crippen molar-refractivity contribution in [2.75, 3.05) is 0 Å². The van der Waals surface area contributed by atoms with E-state index in [1.807, 2.05) is 29.0 Å². The van der Waals surface area contributed by atoms with E-state index in [0.717, 1.165) is 5.56 Å². The number of pyridine rings is 2. The van der Waals surface area contributed by atoms with Crippen molar-refractivity contribution in [1.82, 2.24) is 9.55 Å². The summed E-state index contributed by atoms with van der Waals surface area (Å²) in [6.45, 7) is 0.588. The van der Waals surface area contributed by atoms with E-state index in [2.05, 4.69) is 10.1 Å². The van der Waals surface area contributed by atoms with Gasteiger partial charge in [0.1, 0.15) is 5.15 Å². The number of aromatic nitrogens is 2. The summed E-state index contributed by atoms with van der Waals surface area (Å²) in [5.41, 5.74) is 1.49. The van der Waals surface area contributed by atoms with Gasteiger partial charge in [-0.1, -0.05) is 28.9 Å². The molecule has 0 fully saturated rings. The standard InChI is InChI=1S/C11H10ClN3O/c12-10-5-4-9(7-13-10)8-15-6-2-1-3-11(15)14-16/h1-7,16H,8H2/b14-11+. The van der Waals surface area contributed by atoms with Crippen molar-refractivity contribution in [3.8, 4) is 0 Å². The van der Waals surface area contributed by atoms with Crippen molar-refractivity contribution in [2.24, 2.45) is 5.16 Å². The fraction of sp³-hybridized carbons (Fsp3) is 0.0909. The van der Waals surface area contributed by atoms with Gasteiger partial charge in [-0.05, 0) is 23.8 Å². The molecule has 2 rings (SSSR count). The van der Waals surface area contributed by atoms with Gasteiger partial charge in [0.25, 0.3) is 0 Å². The molecule has 1 N–H and O–H groups in total. The maximum Gasteiger partial charge on any atom is 0.172 e. The Morgan fingerprint density at radius 1 is 1.31 bits per heavy atom. The second-order valence-corrected chi connectivity index (χ2v) is 3.66. The Balaban J connectivity index is 2.31. The van der Waals surface area contributed by atoms with Gasteiger partial charge in [-0.2, -0.15) is 0 Å². The van der Waals surface area contributed by atoms with Gasteiger partial charge in [0.05, 0.1) is 6.54 Å². The van der Waals surface area contributed by atoms with Crippen LogP contribution in [0.25, 0.3) is 0 Å². The highest BCUT2D eigenvalue weighted by Crippen LogP contribution is 2.05. The summed E-state index contributed by atoms with van der Waals surface area (Å²) >= 11 is 5.70. The zero-order valence-corrected chi connectivity index (χ0v) is 9.17. The Morgan fingerprint density at radius 2 is 2.19 bits per heavy atom. The van der Waals surface area contributed by atoms with Gasteiger partial charge >= 0.3 is 0 Å². The fourth-order valence-electron chi connectivity index (χ4n) is 1.39. The van der Waals surface area contributed by atoms with Gasteiger partial charge in [-0.3, -0.25) is 0 Å². The Morgan fingerprint density at radius 3 is 2.88 bits per heavy atom. The minimum Gasteiger partial charge on any atom is -0.409 e. The highest BCUT2D eigenvalue weighted by Gasteiger charge is 1.97. The molecule has 0 aliphatic carbocycles. The van der Waals surface area contributed by atoms with Crippen LogP contribution < -0.4 is 5.49 Å². The van der Waals surface area contributed by atoms with E-state index in [-0.39, 0.29) is 0 Å². The van der Waals surface area contributed by atoms with Crippen LogP contribution in [0.1, 0.15) is 5.56 Å². The first-order valence-electron chi connectivity index (χ1n) is 4.73. The van der Waals surface area contributed by atoms with E-state index in [4.69, 9.17) is 16.8 Å². The van der Waals surface area contributed by atoms with E-state index in [1.54, 1.807) is 18.3 Å². The van der Waals surface area contributed by atoms with E-state index in [0.29, 0.717) is 17.2 Å². The van der Waals surface area contributed by atoms with Crippen LogP contribution in [0.3, 0.4) is 0 Å². The molecule has 4 nitrogen and oxygen atoms in total. The molecule has 0 spiro atoms. The minimum absolute atomic E-state index is 0.467. The van der Waals surface area contributed by atoms with E-state index < -0.39 is 0 Å². The quantitative estimate of drug-likeness (QED) is 0.491. The summed E-state index contributed by atoms with van der Waals surface area (Å²) in [4.78, 5) is 3.99. The molecular formula is C11H10ClN3O. The smallest absolute Gasteiger partial charge is 0.172 e. The molecule has 82 valence electrons. The van der Waals surface area contributed by atoms with Crippen LogP contribution in [0, 0.1) is 0 Å². The third kappa shape index (κ3) is 2.41. The molecule has 5 heteroatoms. The monoisotopic (exact) mass is 235 g/mol. The number of hydrogen-bond donors (Lipinski definition) is 1. The highest BCUT2D eigenvalue weighted by atomic mass is 35.5. The SMILES string of the molecule is O/N=c1\ccccn1Cc1ccc(Cl)nc1. The van der Waals surface area contributed by atoms with E-state index in [9.17, 15) is 0 Å². The van der Waals surface area contributed by atoms with Crippen molar-refractivity contribution in [1.29, 1.82) is 0 Å². The summed E-state index contributed by atoms with van der Waals surface area (Å²) in [5, 5.41) is 12.5. The molecule has 0 radical (unpaired) electrons. The van der Waals surface area contributed by atoms with Crippen LogP contribution in [0.4, 0.5) is 0 Å². The van der Waals surface area contributed by atoms with Crippen LogP contribution in [0.2, 0.25) is 5.15 Å². The molecule has 0 aromatic carbocycles. The van der Waals surface area contributed by atoms with Gasteiger partial charge < -0.3 is 9.77 Å². The minimum atomic E-state index is 0.467. The molecule has 0 unspecified atom stereocenters. The first kappa shape index (κ1) is 10.7. The van der Waals surface area contributed by atoms with Crippen molar-refractivity contribution < 1.29 is 5.21 Å². The Labute approximate surface area is 97.4 Å².